The zero-order chi connectivity index (χ0) is 33.4. The molecule has 1 atom stereocenters. The number of carbonyl (C=O) groups is 2. The first kappa shape index (κ1) is 38.3. The third kappa shape index (κ3) is 14.4. The highest BCUT2D eigenvalue weighted by Crippen LogP contribution is 2.19. The standard InChI is InChI=1S/C20H23NO3S.C13H19ClN2.C3H9N/c1-3-21(4-2)20(23)17-9-5-7-15(12-17)11-16-8-6-10-18(13-16)24-19(22)14-25;1-11-9-16(7-6-15(11)2)10-12-4-3-5-13(14)8-12;1-4(2)3/h5-10,12-13,25H,3-4,11,14H2,1-2H3;3-5,8,11H,6-7,9-10H2,1-2H3;1-3H3. The molecule has 1 fully saturated rings. The van der Waals surface area contributed by atoms with Crippen LogP contribution in [0.25, 0.3) is 0 Å². The van der Waals surface area contributed by atoms with Crippen molar-refractivity contribution < 1.29 is 14.3 Å². The number of likely N-dealkylation sites (N-methyl/N-ethyl adjacent to an activating group) is 1. The van der Waals surface area contributed by atoms with Crippen LogP contribution >= 0.6 is 24.2 Å². The predicted molar refractivity (Wildman–Crippen MR) is 191 cm³/mol. The van der Waals surface area contributed by atoms with Crippen molar-refractivity contribution in [1.29, 1.82) is 0 Å². The van der Waals surface area contributed by atoms with Crippen molar-refractivity contribution in [1.82, 2.24) is 19.6 Å². The Morgan fingerprint density at radius 1 is 0.911 bits per heavy atom. The summed E-state index contributed by atoms with van der Waals surface area (Å²) in [6, 6.07) is 23.9. The fourth-order valence-electron chi connectivity index (χ4n) is 4.79. The molecule has 1 aliphatic rings. The quantitative estimate of drug-likeness (QED) is 0.167. The molecule has 4 rings (SSSR count). The van der Waals surface area contributed by atoms with Gasteiger partial charge in [-0.3, -0.25) is 14.5 Å². The summed E-state index contributed by atoms with van der Waals surface area (Å²) in [5, 5.41) is 0.833. The number of carbonyl (C=O) groups excluding carboxylic acids is 2. The van der Waals surface area contributed by atoms with Gasteiger partial charge in [0.2, 0.25) is 0 Å². The molecule has 1 saturated heterocycles. The molecule has 1 heterocycles. The molecular weight excluding hydrogens is 604 g/mol. The SMILES string of the molecule is CC1CN(Cc2cccc(Cl)c2)CCN1C.CCN(CC)C(=O)c1cccc(Cc2cccc(OC(=O)CS)c2)c1.CN(C)C. The monoisotopic (exact) mass is 654 g/mol. The molecule has 0 bridgehead atoms. The lowest BCUT2D eigenvalue weighted by atomic mass is 10.0. The third-order valence-electron chi connectivity index (χ3n) is 7.23. The van der Waals surface area contributed by atoms with Gasteiger partial charge in [-0.2, -0.15) is 12.6 Å². The number of esters is 1. The van der Waals surface area contributed by atoms with Crippen molar-refractivity contribution in [2.75, 3.05) is 66.7 Å². The number of rotatable bonds is 9. The maximum atomic E-state index is 12.5. The summed E-state index contributed by atoms with van der Waals surface area (Å²) in [7, 11) is 8.20. The number of ether oxygens (including phenoxy) is 1. The van der Waals surface area contributed by atoms with Crippen LogP contribution in [0.5, 0.6) is 5.75 Å². The second kappa shape index (κ2) is 20.3. The van der Waals surface area contributed by atoms with Gasteiger partial charge in [0.15, 0.2) is 0 Å². The number of halogens is 1. The smallest absolute Gasteiger partial charge is 0.321 e. The van der Waals surface area contributed by atoms with Crippen molar-refractivity contribution in [2.24, 2.45) is 0 Å². The Morgan fingerprint density at radius 3 is 2.11 bits per heavy atom. The highest BCUT2D eigenvalue weighted by atomic mass is 35.5. The molecule has 9 heteroatoms. The number of hydrogen-bond donors (Lipinski definition) is 1. The highest BCUT2D eigenvalue weighted by Gasteiger charge is 2.20. The Bertz CT molecular complexity index is 1330. The van der Waals surface area contributed by atoms with E-state index in [2.05, 4.69) is 48.5 Å². The van der Waals surface area contributed by atoms with Crippen molar-refractivity contribution in [3.8, 4) is 5.75 Å². The Balaban J connectivity index is 0.000000300. The number of nitrogens with zero attached hydrogens (tertiary/aromatic N) is 4. The molecule has 3 aromatic rings. The first-order chi connectivity index (χ1) is 21.4. The van der Waals surface area contributed by atoms with Crippen LogP contribution in [0, 0.1) is 0 Å². The van der Waals surface area contributed by atoms with Gasteiger partial charge in [-0.25, -0.2) is 0 Å². The predicted octanol–water partition coefficient (Wildman–Crippen LogP) is 6.25. The molecule has 0 aliphatic carbocycles. The molecule has 0 aromatic heterocycles. The van der Waals surface area contributed by atoms with E-state index >= 15 is 0 Å². The van der Waals surface area contributed by atoms with Crippen LogP contribution in [0.1, 0.15) is 47.8 Å². The van der Waals surface area contributed by atoms with Gasteiger partial charge in [0, 0.05) is 55.9 Å². The first-order valence-corrected chi connectivity index (χ1v) is 16.5. The van der Waals surface area contributed by atoms with E-state index < -0.39 is 0 Å². The minimum atomic E-state index is -0.382. The zero-order valence-electron chi connectivity index (χ0n) is 28.0. The fraction of sp³-hybridized carbons (Fsp3) is 0.444. The highest BCUT2D eigenvalue weighted by molar-refractivity contribution is 7.81. The van der Waals surface area contributed by atoms with E-state index in [4.69, 9.17) is 16.3 Å². The first-order valence-electron chi connectivity index (χ1n) is 15.5. The number of piperazine rings is 1. The zero-order valence-corrected chi connectivity index (χ0v) is 29.7. The molecule has 45 heavy (non-hydrogen) atoms. The lowest BCUT2D eigenvalue weighted by Gasteiger charge is -2.37. The topological polar surface area (TPSA) is 56.3 Å². The molecule has 0 saturated carbocycles. The van der Waals surface area contributed by atoms with Crippen molar-refractivity contribution in [3.63, 3.8) is 0 Å². The van der Waals surface area contributed by atoms with Crippen LogP contribution in [0.4, 0.5) is 0 Å². The lowest BCUT2D eigenvalue weighted by Crippen LogP contribution is -2.49. The average Bonchev–Trinajstić information content (AvgIpc) is 3.00. The number of hydrogen-bond acceptors (Lipinski definition) is 7. The molecule has 7 nitrogen and oxygen atoms in total. The lowest BCUT2D eigenvalue weighted by molar-refractivity contribution is -0.131. The number of benzene rings is 3. The Morgan fingerprint density at radius 2 is 1.51 bits per heavy atom. The Hall–Kier alpha value is -2.88. The summed E-state index contributed by atoms with van der Waals surface area (Å²) in [5.74, 6) is 0.210. The summed E-state index contributed by atoms with van der Waals surface area (Å²) < 4.78 is 5.19. The maximum absolute atomic E-state index is 12.5. The average molecular weight is 655 g/mol. The molecule has 1 unspecified atom stereocenters. The van der Waals surface area contributed by atoms with Crippen LogP contribution in [0.15, 0.2) is 72.8 Å². The van der Waals surface area contributed by atoms with Gasteiger partial charge in [0.05, 0.1) is 5.75 Å². The van der Waals surface area contributed by atoms with Crippen LogP contribution in [-0.2, 0) is 17.8 Å². The molecule has 1 amide bonds. The van der Waals surface area contributed by atoms with Gasteiger partial charge in [-0.05, 0) is 108 Å². The van der Waals surface area contributed by atoms with E-state index in [0.717, 1.165) is 42.3 Å². The van der Waals surface area contributed by atoms with Crippen LogP contribution < -0.4 is 4.74 Å². The van der Waals surface area contributed by atoms with E-state index in [-0.39, 0.29) is 17.6 Å². The van der Waals surface area contributed by atoms with E-state index in [1.54, 1.807) is 11.0 Å². The normalized spacial score (nSPS) is 14.9. The second-order valence-corrected chi connectivity index (χ2v) is 12.4. The molecule has 1 aliphatic heterocycles. The van der Waals surface area contributed by atoms with Gasteiger partial charge >= 0.3 is 5.97 Å². The summed E-state index contributed by atoms with van der Waals surface area (Å²) >= 11 is 9.89. The third-order valence-corrected chi connectivity index (χ3v) is 7.72. The van der Waals surface area contributed by atoms with Crippen molar-refractivity contribution >= 4 is 36.1 Å². The van der Waals surface area contributed by atoms with Gasteiger partial charge in [-0.15, -0.1) is 0 Å². The fourth-order valence-corrected chi connectivity index (χ4v) is 5.06. The van der Waals surface area contributed by atoms with E-state index in [9.17, 15) is 9.59 Å². The molecule has 3 aromatic carbocycles. The van der Waals surface area contributed by atoms with Gasteiger partial charge in [-0.1, -0.05) is 48.0 Å². The largest absolute Gasteiger partial charge is 0.426 e. The minimum Gasteiger partial charge on any atom is -0.426 e. The van der Waals surface area contributed by atoms with E-state index in [1.165, 1.54) is 5.56 Å². The van der Waals surface area contributed by atoms with Crippen LogP contribution in [-0.4, -0.2) is 104 Å². The van der Waals surface area contributed by atoms with Gasteiger partial charge in [0.1, 0.15) is 5.75 Å². The summed E-state index contributed by atoms with van der Waals surface area (Å²) in [6.45, 7) is 12.1. The molecule has 246 valence electrons. The number of thiol groups is 1. The summed E-state index contributed by atoms with van der Waals surface area (Å²) in [5.41, 5.74) is 4.05. The van der Waals surface area contributed by atoms with Crippen molar-refractivity contribution in [2.45, 2.75) is 39.8 Å². The maximum Gasteiger partial charge on any atom is 0.321 e. The van der Waals surface area contributed by atoms with Crippen molar-refractivity contribution in [3.05, 3.63) is 100 Å². The Kier molecular flexibility index (Phi) is 17.3. The molecule has 0 radical (unpaired) electrons. The Labute approximate surface area is 281 Å². The van der Waals surface area contributed by atoms with E-state index in [0.29, 0.717) is 36.9 Å². The molecule has 0 spiro atoms. The number of amides is 1. The molecular formula is C36H51ClN4O3S. The van der Waals surface area contributed by atoms with E-state index in [1.807, 2.05) is 94.5 Å². The molecule has 0 N–H and O–H groups in total. The summed E-state index contributed by atoms with van der Waals surface area (Å²) in [6.07, 6.45) is 0.658. The summed E-state index contributed by atoms with van der Waals surface area (Å²) in [4.78, 5) is 32.5. The minimum absolute atomic E-state index is 0.0414. The van der Waals surface area contributed by atoms with Gasteiger partial charge in [0.25, 0.3) is 5.91 Å². The van der Waals surface area contributed by atoms with Crippen LogP contribution in [0.2, 0.25) is 5.02 Å². The second-order valence-electron chi connectivity index (χ2n) is 11.7. The van der Waals surface area contributed by atoms with Crippen LogP contribution in [0.3, 0.4) is 0 Å². The van der Waals surface area contributed by atoms with Gasteiger partial charge < -0.3 is 19.4 Å².